The van der Waals surface area contributed by atoms with Gasteiger partial charge in [-0.15, -0.1) is 0 Å². The fraction of sp³-hybridized carbons (Fsp3) is 0.207. The van der Waals surface area contributed by atoms with Crippen molar-refractivity contribution in [2.45, 2.75) is 25.2 Å². The maximum atomic E-state index is 16.1. The van der Waals surface area contributed by atoms with Crippen LogP contribution >= 0.6 is 0 Å². The van der Waals surface area contributed by atoms with Crippen molar-refractivity contribution < 1.29 is 23.4 Å². The maximum Gasteiger partial charge on any atom is 0.335 e. The molecule has 0 saturated carbocycles. The molecule has 1 aliphatic heterocycles. The van der Waals surface area contributed by atoms with Crippen LogP contribution in [0.5, 0.6) is 5.75 Å². The summed E-state index contributed by atoms with van der Waals surface area (Å²) in [5, 5.41) is 15.1. The number of aromatic carboxylic acids is 1. The number of halogens is 2. The molecule has 2 atom stereocenters. The van der Waals surface area contributed by atoms with Crippen molar-refractivity contribution in [1.29, 1.82) is 0 Å². The van der Waals surface area contributed by atoms with Crippen molar-refractivity contribution in [2.75, 3.05) is 18.0 Å². The summed E-state index contributed by atoms with van der Waals surface area (Å²) in [4.78, 5) is 12.9. The first-order valence-corrected chi connectivity index (χ1v) is 11.8. The van der Waals surface area contributed by atoms with Gasteiger partial charge in [-0.05, 0) is 53.6 Å². The Morgan fingerprint density at radius 2 is 1.83 bits per heavy atom. The smallest absolute Gasteiger partial charge is 0.335 e. The Bertz CT molecular complexity index is 1420. The van der Waals surface area contributed by atoms with Crippen LogP contribution in [0.2, 0.25) is 0 Å². The summed E-state index contributed by atoms with van der Waals surface area (Å²) in [7, 11) is 0. The fourth-order valence-electron chi connectivity index (χ4n) is 4.76. The molecule has 4 aromatic rings. The van der Waals surface area contributed by atoms with E-state index in [1.807, 2.05) is 25.1 Å². The Balaban J connectivity index is 1.37. The van der Waals surface area contributed by atoms with Crippen molar-refractivity contribution in [3.63, 3.8) is 0 Å². The van der Waals surface area contributed by atoms with E-state index in [1.165, 1.54) is 35.2 Å². The lowest BCUT2D eigenvalue weighted by Crippen LogP contribution is -2.48. The van der Waals surface area contributed by atoms with Crippen LogP contribution in [0.4, 0.5) is 20.2 Å². The number of hydrogen-bond donors (Lipinski definition) is 2. The second kappa shape index (κ2) is 9.59. The van der Waals surface area contributed by atoms with Crippen LogP contribution in [-0.2, 0) is 0 Å². The van der Waals surface area contributed by atoms with E-state index in [0.29, 0.717) is 12.2 Å². The third-order valence-corrected chi connectivity index (χ3v) is 6.55. The van der Waals surface area contributed by atoms with E-state index in [0.717, 1.165) is 16.3 Å². The van der Waals surface area contributed by atoms with Crippen molar-refractivity contribution in [1.82, 2.24) is 5.32 Å². The molecule has 1 aliphatic rings. The monoisotopic (exact) mass is 488 g/mol. The Kier molecular flexibility index (Phi) is 6.33. The summed E-state index contributed by atoms with van der Waals surface area (Å²) in [5.41, 5.74) is 1.62. The van der Waals surface area contributed by atoms with Gasteiger partial charge in [0.05, 0.1) is 12.1 Å². The number of ether oxygens (including phenoxy) is 1. The number of alkyl halides is 1. The van der Waals surface area contributed by atoms with E-state index in [1.54, 1.807) is 12.1 Å². The van der Waals surface area contributed by atoms with E-state index in [9.17, 15) is 14.3 Å². The predicted octanol–water partition coefficient (Wildman–Crippen LogP) is 6.61. The summed E-state index contributed by atoms with van der Waals surface area (Å²) >= 11 is 0. The van der Waals surface area contributed by atoms with Gasteiger partial charge in [0.15, 0.2) is 5.82 Å². The van der Waals surface area contributed by atoms with Gasteiger partial charge in [-0.1, -0.05) is 54.6 Å². The number of carboxylic acid groups (broad SMARTS) is 1. The molecule has 5 rings (SSSR count). The number of para-hydroxylation sites is 1. The van der Waals surface area contributed by atoms with Crippen LogP contribution in [-0.4, -0.2) is 30.0 Å². The van der Waals surface area contributed by atoms with Gasteiger partial charge in [-0.25, -0.2) is 9.18 Å². The van der Waals surface area contributed by atoms with Gasteiger partial charge in [0, 0.05) is 24.7 Å². The summed E-state index contributed by atoms with van der Waals surface area (Å²) < 4.78 is 36.6. The lowest BCUT2D eigenvalue weighted by molar-refractivity contribution is -0.0658. The van der Waals surface area contributed by atoms with Crippen molar-refractivity contribution in [2.24, 2.45) is 0 Å². The van der Waals surface area contributed by atoms with Crippen molar-refractivity contribution >= 4 is 28.1 Å². The first-order valence-electron chi connectivity index (χ1n) is 11.8. The predicted molar refractivity (Wildman–Crippen MR) is 136 cm³/mol. The van der Waals surface area contributed by atoms with Gasteiger partial charge in [-0.3, -0.25) is 0 Å². The molecule has 184 valence electrons. The number of hydrogen-bond acceptors (Lipinski definition) is 4. The van der Waals surface area contributed by atoms with Gasteiger partial charge in [0.1, 0.15) is 11.4 Å². The molecule has 1 unspecified atom stereocenters. The van der Waals surface area contributed by atoms with Crippen LogP contribution in [0.1, 0.15) is 35.3 Å². The number of fused-ring (bicyclic) bond motifs is 2. The van der Waals surface area contributed by atoms with E-state index >= 15 is 4.39 Å². The second-order valence-corrected chi connectivity index (χ2v) is 9.01. The van der Waals surface area contributed by atoms with E-state index < -0.39 is 17.6 Å². The quantitative estimate of drug-likeness (QED) is 0.306. The van der Waals surface area contributed by atoms with Crippen LogP contribution < -0.4 is 15.0 Å². The number of rotatable bonds is 7. The highest BCUT2D eigenvalue weighted by atomic mass is 19.2. The van der Waals surface area contributed by atoms with E-state index in [4.69, 9.17) is 4.74 Å². The average Bonchev–Trinajstić information content (AvgIpc) is 2.87. The minimum atomic E-state index is -2.12. The van der Waals surface area contributed by atoms with Gasteiger partial charge in [0.25, 0.3) is 5.85 Å². The van der Waals surface area contributed by atoms with Crippen LogP contribution in [0.15, 0.2) is 84.9 Å². The number of carbonyl (C=O) groups is 1. The lowest BCUT2D eigenvalue weighted by atomic mass is 9.99. The van der Waals surface area contributed by atoms with Gasteiger partial charge in [0.2, 0.25) is 0 Å². The number of anilines is 2. The molecule has 0 bridgehead atoms. The van der Waals surface area contributed by atoms with Gasteiger partial charge >= 0.3 is 5.97 Å². The molecule has 5 nitrogen and oxygen atoms in total. The molecule has 0 radical (unpaired) electrons. The van der Waals surface area contributed by atoms with E-state index in [-0.39, 0.29) is 36.0 Å². The molecular formula is C29H26F2N2O3. The third-order valence-electron chi connectivity index (χ3n) is 6.55. The summed E-state index contributed by atoms with van der Waals surface area (Å²) in [5.74, 6) is -3.73. The van der Waals surface area contributed by atoms with Gasteiger partial charge < -0.3 is 20.1 Å². The largest absolute Gasteiger partial charge is 0.478 e. The van der Waals surface area contributed by atoms with Crippen LogP contribution in [0, 0.1) is 5.82 Å². The summed E-state index contributed by atoms with van der Waals surface area (Å²) in [6.45, 7) is 2.06. The SMILES string of the molecule is C[C@@H](NCCC1(F)CN(c2cccc(C(=O)O)c2)c2c(F)cccc2O1)c1cccc2ccccc12. The highest BCUT2D eigenvalue weighted by Crippen LogP contribution is 2.44. The molecule has 0 saturated heterocycles. The van der Waals surface area contributed by atoms with E-state index in [2.05, 4.69) is 29.6 Å². The fourth-order valence-corrected chi connectivity index (χ4v) is 4.76. The second-order valence-electron chi connectivity index (χ2n) is 9.01. The minimum absolute atomic E-state index is 0.00712. The highest BCUT2D eigenvalue weighted by Gasteiger charge is 2.41. The lowest BCUT2D eigenvalue weighted by Gasteiger charge is -2.40. The molecule has 0 aliphatic carbocycles. The third kappa shape index (κ3) is 4.62. The molecule has 0 amide bonds. The molecule has 4 aromatic carbocycles. The summed E-state index contributed by atoms with van der Waals surface area (Å²) in [6, 6.07) is 24.5. The molecule has 7 heteroatoms. The molecule has 0 fully saturated rings. The summed E-state index contributed by atoms with van der Waals surface area (Å²) in [6.07, 6.45) is 0.00712. The molecule has 0 spiro atoms. The van der Waals surface area contributed by atoms with Crippen LogP contribution in [0.25, 0.3) is 10.8 Å². The molecule has 0 aromatic heterocycles. The Hall–Kier alpha value is -3.97. The number of benzene rings is 4. The Labute approximate surface area is 207 Å². The zero-order chi connectivity index (χ0) is 25.3. The molecule has 1 heterocycles. The van der Waals surface area contributed by atoms with Crippen molar-refractivity contribution in [3.05, 3.63) is 102 Å². The highest BCUT2D eigenvalue weighted by molar-refractivity contribution is 5.89. The Morgan fingerprint density at radius 3 is 2.67 bits per heavy atom. The number of nitrogens with one attached hydrogen (secondary N) is 1. The maximum absolute atomic E-state index is 16.1. The molecule has 36 heavy (non-hydrogen) atoms. The number of nitrogens with zero attached hydrogens (tertiary/aromatic N) is 1. The zero-order valence-corrected chi connectivity index (χ0v) is 19.7. The molecule has 2 N–H and O–H groups in total. The van der Waals surface area contributed by atoms with Gasteiger partial charge in [-0.2, -0.15) is 4.39 Å². The minimum Gasteiger partial charge on any atom is -0.478 e. The van der Waals surface area contributed by atoms with Crippen molar-refractivity contribution in [3.8, 4) is 5.75 Å². The first kappa shape index (κ1) is 23.8. The molecular weight excluding hydrogens is 462 g/mol. The first-order chi connectivity index (χ1) is 17.3. The average molecular weight is 489 g/mol. The Morgan fingerprint density at radius 1 is 1.08 bits per heavy atom. The van der Waals surface area contributed by atoms with Crippen LogP contribution in [0.3, 0.4) is 0 Å². The topological polar surface area (TPSA) is 61.8 Å². The number of carboxylic acids is 1. The normalized spacial score (nSPS) is 17.9. The zero-order valence-electron chi connectivity index (χ0n) is 19.7. The standard InChI is InChI=1S/C29H26F2N2O3/c1-19(23-12-5-8-20-7-2-3-11-24(20)23)32-16-15-29(31)18-33(22-10-4-9-21(17-22)28(34)35)27-25(30)13-6-14-26(27)36-29/h2-14,17,19,32H,15-16,18H2,1H3,(H,34,35)/t19-,29?/m1/s1.